The van der Waals surface area contributed by atoms with Gasteiger partial charge in [-0.2, -0.15) is 0 Å². The van der Waals surface area contributed by atoms with Gasteiger partial charge in [0.2, 0.25) is 5.13 Å². The number of nitrogens with one attached hydrogen (secondary N) is 1. The Hall–Kier alpha value is -0.460. The Bertz CT molecular complexity index is 499. The van der Waals surface area contributed by atoms with E-state index in [-0.39, 0.29) is 0 Å². The lowest BCUT2D eigenvalue weighted by Gasteiger charge is -2.04. The van der Waals surface area contributed by atoms with Crippen LogP contribution in [-0.2, 0) is 6.54 Å². The van der Waals surface area contributed by atoms with E-state index in [1.807, 2.05) is 13.0 Å². The molecule has 0 spiro atoms. The molecule has 1 aromatic carbocycles. The van der Waals surface area contributed by atoms with Crippen LogP contribution < -0.4 is 5.32 Å². The maximum absolute atomic E-state index is 4.01. The Kier molecular flexibility index (Phi) is 3.94. The standard InChI is InChI=1S/C10H9Br2N3S/c1-6-14-15-10(16-6)13-5-7-2-3-8(11)9(12)4-7/h2-4H,5H2,1H3,(H,13,15). The molecule has 0 saturated heterocycles. The van der Waals surface area contributed by atoms with E-state index in [1.165, 1.54) is 5.56 Å². The molecule has 1 heterocycles. The van der Waals surface area contributed by atoms with E-state index < -0.39 is 0 Å². The molecule has 1 aromatic heterocycles. The van der Waals surface area contributed by atoms with Gasteiger partial charge in [0.1, 0.15) is 5.01 Å². The molecule has 0 aliphatic carbocycles. The van der Waals surface area contributed by atoms with Crippen LogP contribution in [0, 0.1) is 6.92 Å². The number of hydrogen-bond donors (Lipinski definition) is 1. The molecule has 3 nitrogen and oxygen atoms in total. The maximum atomic E-state index is 4.01. The van der Waals surface area contributed by atoms with Crippen LogP contribution in [0.1, 0.15) is 10.6 Å². The average Bonchev–Trinajstić information content (AvgIpc) is 2.66. The molecule has 6 heteroatoms. The van der Waals surface area contributed by atoms with Crippen molar-refractivity contribution in [1.82, 2.24) is 10.2 Å². The molecule has 0 atom stereocenters. The molecule has 0 aliphatic heterocycles. The third-order valence-corrected chi connectivity index (χ3v) is 4.63. The smallest absolute Gasteiger partial charge is 0.205 e. The summed E-state index contributed by atoms with van der Waals surface area (Å²) in [6.45, 7) is 2.69. The molecule has 16 heavy (non-hydrogen) atoms. The highest BCUT2D eigenvalue weighted by Gasteiger charge is 2.01. The molecular formula is C10H9Br2N3S. The number of anilines is 1. The number of benzene rings is 1. The number of nitrogens with zero attached hydrogens (tertiary/aromatic N) is 2. The van der Waals surface area contributed by atoms with E-state index >= 15 is 0 Å². The molecular weight excluding hydrogens is 354 g/mol. The summed E-state index contributed by atoms with van der Waals surface area (Å²) in [5, 5.41) is 13.0. The summed E-state index contributed by atoms with van der Waals surface area (Å²) in [5.41, 5.74) is 1.20. The SMILES string of the molecule is Cc1nnc(NCc2ccc(Br)c(Br)c2)s1. The van der Waals surface area contributed by atoms with Gasteiger partial charge in [-0.3, -0.25) is 0 Å². The summed E-state index contributed by atoms with van der Waals surface area (Å²) in [5.74, 6) is 0. The Morgan fingerprint density at radius 3 is 2.69 bits per heavy atom. The first-order chi connectivity index (χ1) is 7.65. The minimum Gasteiger partial charge on any atom is -0.356 e. The zero-order chi connectivity index (χ0) is 11.5. The van der Waals surface area contributed by atoms with Crippen LogP contribution in [0.25, 0.3) is 0 Å². The maximum Gasteiger partial charge on any atom is 0.205 e. The van der Waals surface area contributed by atoms with Gasteiger partial charge in [0.05, 0.1) is 0 Å². The second kappa shape index (κ2) is 5.25. The average molecular weight is 363 g/mol. The highest BCUT2D eigenvalue weighted by molar-refractivity contribution is 9.13. The molecule has 2 aromatic rings. The van der Waals surface area contributed by atoms with Gasteiger partial charge in [-0.1, -0.05) is 17.4 Å². The number of halogens is 2. The molecule has 0 fully saturated rings. The quantitative estimate of drug-likeness (QED) is 0.897. The molecule has 1 N–H and O–H groups in total. The summed E-state index contributed by atoms with van der Waals surface area (Å²) in [6, 6.07) is 6.16. The second-order valence-corrected chi connectivity index (χ2v) is 6.12. The molecule has 2 rings (SSSR count). The van der Waals surface area contributed by atoms with Crippen molar-refractivity contribution in [2.75, 3.05) is 5.32 Å². The lowest BCUT2D eigenvalue weighted by Crippen LogP contribution is -1.98. The lowest BCUT2D eigenvalue weighted by atomic mass is 10.2. The van der Waals surface area contributed by atoms with Gasteiger partial charge in [-0.05, 0) is 56.5 Å². The Morgan fingerprint density at radius 1 is 1.25 bits per heavy atom. The summed E-state index contributed by atoms with van der Waals surface area (Å²) in [4.78, 5) is 0. The molecule has 0 bridgehead atoms. The van der Waals surface area contributed by atoms with E-state index in [2.05, 4.69) is 59.5 Å². The van der Waals surface area contributed by atoms with E-state index in [1.54, 1.807) is 11.3 Å². The fourth-order valence-electron chi connectivity index (χ4n) is 1.20. The monoisotopic (exact) mass is 361 g/mol. The van der Waals surface area contributed by atoms with Gasteiger partial charge >= 0.3 is 0 Å². The first kappa shape index (κ1) is 12.0. The van der Waals surface area contributed by atoms with Crippen molar-refractivity contribution in [3.05, 3.63) is 37.7 Å². The van der Waals surface area contributed by atoms with Crippen LogP contribution >= 0.6 is 43.2 Å². The fraction of sp³-hybridized carbons (Fsp3) is 0.200. The number of aryl methyl sites for hydroxylation is 1. The van der Waals surface area contributed by atoms with Gasteiger partial charge in [0.15, 0.2) is 0 Å². The first-order valence-electron chi connectivity index (χ1n) is 4.63. The number of hydrogen-bond acceptors (Lipinski definition) is 4. The van der Waals surface area contributed by atoms with Gasteiger partial charge < -0.3 is 5.32 Å². The highest BCUT2D eigenvalue weighted by atomic mass is 79.9. The van der Waals surface area contributed by atoms with Crippen LogP contribution in [0.3, 0.4) is 0 Å². The number of rotatable bonds is 3. The van der Waals surface area contributed by atoms with Crippen LogP contribution in [0.4, 0.5) is 5.13 Å². The lowest BCUT2D eigenvalue weighted by molar-refractivity contribution is 1.02. The largest absolute Gasteiger partial charge is 0.356 e. The highest BCUT2D eigenvalue weighted by Crippen LogP contribution is 2.24. The normalized spacial score (nSPS) is 10.4. The molecule has 0 saturated carbocycles. The van der Waals surface area contributed by atoms with Crippen molar-refractivity contribution in [2.45, 2.75) is 13.5 Å². The van der Waals surface area contributed by atoms with Crippen molar-refractivity contribution >= 4 is 48.3 Å². The molecule has 84 valence electrons. The Balaban J connectivity index is 2.02. The van der Waals surface area contributed by atoms with Crippen molar-refractivity contribution in [1.29, 1.82) is 0 Å². The second-order valence-electron chi connectivity index (χ2n) is 3.23. The first-order valence-corrected chi connectivity index (χ1v) is 7.03. The van der Waals surface area contributed by atoms with Crippen LogP contribution in [0.2, 0.25) is 0 Å². The Labute approximate surface area is 115 Å². The molecule has 0 aliphatic rings. The minimum absolute atomic E-state index is 0.751. The van der Waals surface area contributed by atoms with Gasteiger partial charge in [-0.15, -0.1) is 10.2 Å². The summed E-state index contributed by atoms with van der Waals surface area (Å²) in [7, 11) is 0. The van der Waals surface area contributed by atoms with Crippen molar-refractivity contribution in [3.63, 3.8) is 0 Å². The third-order valence-electron chi connectivity index (χ3n) is 1.95. The summed E-state index contributed by atoms with van der Waals surface area (Å²) in [6.07, 6.45) is 0. The minimum atomic E-state index is 0.751. The zero-order valence-corrected chi connectivity index (χ0v) is 12.5. The van der Waals surface area contributed by atoms with Gasteiger partial charge in [0, 0.05) is 15.5 Å². The van der Waals surface area contributed by atoms with Crippen LogP contribution in [0.5, 0.6) is 0 Å². The van der Waals surface area contributed by atoms with E-state index in [4.69, 9.17) is 0 Å². The van der Waals surface area contributed by atoms with E-state index in [0.29, 0.717) is 0 Å². The third kappa shape index (κ3) is 3.02. The zero-order valence-electron chi connectivity index (χ0n) is 8.50. The van der Waals surface area contributed by atoms with Crippen molar-refractivity contribution in [3.8, 4) is 0 Å². The summed E-state index contributed by atoms with van der Waals surface area (Å²) >= 11 is 8.48. The Morgan fingerprint density at radius 2 is 2.06 bits per heavy atom. The predicted molar refractivity (Wildman–Crippen MR) is 73.8 cm³/mol. The van der Waals surface area contributed by atoms with Crippen LogP contribution in [0.15, 0.2) is 27.1 Å². The predicted octanol–water partition coefficient (Wildman–Crippen LogP) is 3.98. The molecule has 0 radical (unpaired) electrons. The van der Waals surface area contributed by atoms with Crippen LogP contribution in [-0.4, -0.2) is 10.2 Å². The topological polar surface area (TPSA) is 37.8 Å². The fourth-order valence-corrected chi connectivity index (χ4v) is 2.46. The molecule has 0 amide bonds. The van der Waals surface area contributed by atoms with Gasteiger partial charge in [0.25, 0.3) is 0 Å². The van der Waals surface area contributed by atoms with E-state index in [9.17, 15) is 0 Å². The van der Waals surface area contributed by atoms with E-state index in [0.717, 1.165) is 25.6 Å². The van der Waals surface area contributed by atoms with Crippen molar-refractivity contribution in [2.24, 2.45) is 0 Å². The van der Waals surface area contributed by atoms with Gasteiger partial charge in [-0.25, -0.2) is 0 Å². The molecule has 0 unspecified atom stereocenters. The summed E-state index contributed by atoms with van der Waals surface area (Å²) < 4.78 is 2.11. The van der Waals surface area contributed by atoms with Crippen molar-refractivity contribution < 1.29 is 0 Å². The number of aromatic nitrogens is 2.